The topological polar surface area (TPSA) is 119 Å². The molecule has 2 rings (SSSR count). The lowest BCUT2D eigenvalue weighted by molar-refractivity contribution is -0.117. The number of benzene rings is 1. The molecule has 0 aliphatic rings. The standard InChI is InChI=1S/C21H24F2N6O3S/c1-4-29-20(32)16(33-21(29)15(9-24)19(31)26-11-17(22)23)10-25-13-6-5-7-14(8-13)27-18(30)12-28(2)3/h5-8,10,17,25H,4,11-12H2,1-3H3,(H,26,31)(H,27,30). The Balaban J connectivity index is 2.37. The van der Waals surface area contributed by atoms with E-state index in [9.17, 15) is 28.4 Å². The molecule has 0 aliphatic carbocycles. The van der Waals surface area contributed by atoms with Crippen LogP contribution in [0.15, 0.2) is 29.1 Å². The highest BCUT2D eigenvalue weighted by molar-refractivity contribution is 7.07. The molecule has 0 radical (unpaired) electrons. The number of carbonyl (C=O) groups is 2. The van der Waals surface area contributed by atoms with Crippen LogP contribution in [0.2, 0.25) is 0 Å². The summed E-state index contributed by atoms with van der Waals surface area (Å²) in [5.74, 6) is -1.15. The Morgan fingerprint density at radius 1 is 1.30 bits per heavy atom. The van der Waals surface area contributed by atoms with Gasteiger partial charge in [0, 0.05) is 24.1 Å². The van der Waals surface area contributed by atoms with Gasteiger partial charge in [-0.3, -0.25) is 19.0 Å². The fourth-order valence-electron chi connectivity index (χ4n) is 2.77. The number of aromatic nitrogens is 1. The van der Waals surface area contributed by atoms with Gasteiger partial charge in [0.2, 0.25) is 5.91 Å². The first-order chi connectivity index (χ1) is 15.7. The van der Waals surface area contributed by atoms with Gasteiger partial charge in [0.1, 0.15) is 15.3 Å². The number of amides is 2. The molecule has 0 saturated carbocycles. The van der Waals surface area contributed by atoms with E-state index in [4.69, 9.17) is 0 Å². The van der Waals surface area contributed by atoms with Crippen molar-refractivity contribution in [3.05, 3.63) is 43.8 Å². The summed E-state index contributed by atoms with van der Waals surface area (Å²) < 4.78 is 26.3. The van der Waals surface area contributed by atoms with E-state index in [0.717, 1.165) is 11.3 Å². The quantitative estimate of drug-likeness (QED) is 0.478. The fraction of sp³-hybridized carbons (Fsp3) is 0.333. The van der Waals surface area contributed by atoms with Crippen LogP contribution in [0.1, 0.15) is 6.92 Å². The molecule has 33 heavy (non-hydrogen) atoms. The third-order valence-corrected chi connectivity index (χ3v) is 5.30. The number of carbonyl (C=O) groups excluding carboxylic acids is 2. The second-order valence-electron chi connectivity index (χ2n) is 7.06. The zero-order valence-electron chi connectivity index (χ0n) is 18.3. The Labute approximate surface area is 192 Å². The van der Waals surface area contributed by atoms with Gasteiger partial charge in [-0.05, 0) is 39.2 Å². The maximum absolute atomic E-state index is 12.7. The van der Waals surface area contributed by atoms with Gasteiger partial charge in [0.15, 0.2) is 5.57 Å². The Kier molecular flexibility index (Phi) is 9.26. The van der Waals surface area contributed by atoms with Crippen LogP contribution in [-0.4, -0.2) is 54.9 Å². The van der Waals surface area contributed by atoms with Gasteiger partial charge in [-0.25, -0.2) is 8.78 Å². The van der Waals surface area contributed by atoms with Crippen molar-refractivity contribution in [3.63, 3.8) is 0 Å². The monoisotopic (exact) mass is 478 g/mol. The average molecular weight is 479 g/mol. The number of likely N-dealkylation sites (N-methyl/N-ethyl adjacent to an activating group) is 1. The predicted molar refractivity (Wildman–Crippen MR) is 123 cm³/mol. The van der Waals surface area contributed by atoms with Gasteiger partial charge in [-0.15, -0.1) is 11.3 Å². The molecule has 9 nitrogen and oxygen atoms in total. The smallest absolute Gasteiger partial charge is 0.270 e. The van der Waals surface area contributed by atoms with Gasteiger partial charge in [-0.2, -0.15) is 5.26 Å². The van der Waals surface area contributed by atoms with Gasteiger partial charge < -0.3 is 20.9 Å². The van der Waals surface area contributed by atoms with Crippen LogP contribution in [0.5, 0.6) is 0 Å². The fourth-order valence-corrected chi connectivity index (χ4v) is 3.86. The number of thiazole rings is 1. The highest BCUT2D eigenvalue weighted by Gasteiger charge is 2.16. The number of anilines is 2. The number of hydrogen-bond acceptors (Lipinski definition) is 7. The molecule has 0 bridgehead atoms. The molecule has 3 N–H and O–H groups in total. The van der Waals surface area contributed by atoms with Crippen LogP contribution < -0.4 is 30.7 Å². The lowest BCUT2D eigenvalue weighted by Gasteiger charge is -2.10. The van der Waals surface area contributed by atoms with E-state index in [1.165, 1.54) is 10.8 Å². The normalized spacial score (nSPS) is 12.5. The first-order valence-corrected chi connectivity index (χ1v) is 10.7. The van der Waals surface area contributed by atoms with E-state index >= 15 is 0 Å². The van der Waals surface area contributed by atoms with E-state index in [-0.39, 0.29) is 28.2 Å². The molecular formula is C21H24F2N6O3S. The summed E-state index contributed by atoms with van der Waals surface area (Å²) in [6.45, 7) is 1.18. The van der Waals surface area contributed by atoms with E-state index < -0.39 is 30.0 Å². The third-order valence-electron chi connectivity index (χ3n) is 4.17. The van der Waals surface area contributed by atoms with Gasteiger partial charge >= 0.3 is 0 Å². The molecule has 1 aromatic carbocycles. The number of rotatable bonds is 9. The maximum Gasteiger partial charge on any atom is 0.270 e. The number of nitrogens with zero attached hydrogens (tertiary/aromatic N) is 3. The molecule has 1 aromatic heterocycles. The lowest BCUT2D eigenvalue weighted by Crippen LogP contribution is -2.35. The van der Waals surface area contributed by atoms with E-state index in [1.54, 1.807) is 56.3 Å². The zero-order valence-corrected chi connectivity index (χ0v) is 19.1. The minimum atomic E-state index is -2.76. The summed E-state index contributed by atoms with van der Waals surface area (Å²) in [5.41, 5.74) is 0.308. The second kappa shape index (κ2) is 11.9. The number of nitrogens with one attached hydrogen (secondary N) is 3. The van der Waals surface area contributed by atoms with Crippen molar-refractivity contribution in [2.45, 2.75) is 19.9 Å². The SMILES string of the molecule is CCn1c(=C(C#N)C(=O)NCC(F)F)sc(=CNc2cccc(NC(=O)CN(C)C)c2)c1=O. The summed E-state index contributed by atoms with van der Waals surface area (Å²) in [7, 11) is 3.56. The summed E-state index contributed by atoms with van der Waals surface area (Å²) in [6.07, 6.45) is -1.34. The van der Waals surface area contributed by atoms with E-state index in [0.29, 0.717) is 11.4 Å². The van der Waals surface area contributed by atoms with Crippen LogP contribution in [0.4, 0.5) is 20.2 Å². The Morgan fingerprint density at radius 2 is 2.00 bits per heavy atom. The van der Waals surface area contributed by atoms with Gasteiger partial charge in [0.25, 0.3) is 17.9 Å². The lowest BCUT2D eigenvalue weighted by atomic mass is 10.2. The largest absolute Gasteiger partial charge is 0.360 e. The van der Waals surface area contributed by atoms with Crippen molar-refractivity contribution < 1.29 is 18.4 Å². The van der Waals surface area contributed by atoms with E-state index in [2.05, 4.69) is 10.6 Å². The highest BCUT2D eigenvalue weighted by Crippen LogP contribution is 2.15. The molecule has 0 saturated heterocycles. The summed E-state index contributed by atoms with van der Waals surface area (Å²) in [5, 5.41) is 17.1. The van der Waals surface area contributed by atoms with Crippen LogP contribution in [0, 0.1) is 11.3 Å². The summed E-state index contributed by atoms with van der Waals surface area (Å²) in [6, 6.07) is 8.56. The molecule has 1 heterocycles. The minimum Gasteiger partial charge on any atom is -0.360 e. The molecule has 176 valence electrons. The van der Waals surface area contributed by atoms with Gasteiger partial charge in [-0.1, -0.05) is 6.07 Å². The van der Waals surface area contributed by atoms with Crippen molar-refractivity contribution in [3.8, 4) is 6.07 Å². The molecule has 0 spiro atoms. The molecule has 2 aromatic rings. The Hall–Kier alpha value is -3.56. The zero-order chi connectivity index (χ0) is 24.5. The van der Waals surface area contributed by atoms with Crippen molar-refractivity contribution in [2.24, 2.45) is 0 Å². The molecule has 0 unspecified atom stereocenters. The highest BCUT2D eigenvalue weighted by atomic mass is 32.1. The van der Waals surface area contributed by atoms with Gasteiger partial charge in [0.05, 0.1) is 13.1 Å². The van der Waals surface area contributed by atoms with Crippen molar-refractivity contribution >= 4 is 46.3 Å². The Bertz CT molecular complexity index is 1230. The number of halogens is 2. The second-order valence-corrected chi connectivity index (χ2v) is 8.09. The van der Waals surface area contributed by atoms with Crippen molar-refractivity contribution in [1.82, 2.24) is 14.8 Å². The molecular weight excluding hydrogens is 454 g/mol. The average Bonchev–Trinajstić information content (AvgIpc) is 3.06. The van der Waals surface area contributed by atoms with Crippen LogP contribution >= 0.6 is 11.3 Å². The molecule has 12 heteroatoms. The first kappa shape index (κ1) is 25.7. The Morgan fingerprint density at radius 3 is 2.61 bits per heavy atom. The van der Waals surface area contributed by atoms with Crippen molar-refractivity contribution in [1.29, 1.82) is 5.26 Å². The molecule has 0 fully saturated rings. The molecule has 0 atom stereocenters. The number of hydrogen-bond donors (Lipinski definition) is 3. The van der Waals surface area contributed by atoms with Crippen LogP contribution in [0.25, 0.3) is 11.8 Å². The summed E-state index contributed by atoms with van der Waals surface area (Å²) >= 11 is 0.896. The molecule has 0 aliphatic heterocycles. The maximum atomic E-state index is 12.7. The van der Waals surface area contributed by atoms with Crippen LogP contribution in [0.3, 0.4) is 0 Å². The first-order valence-electron chi connectivity index (χ1n) is 9.88. The number of alkyl halides is 2. The predicted octanol–water partition coefficient (Wildman–Crippen LogP) is 0.335. The van der Waals surface area contributed by atoms with E-state index in [1.807, 2.05) is 5.32 Å². The molecule has 2 amide bonds. The van der Waals surface area contributed by atoms with Crippen LogP contribution in [-0.2, 0) is 16.1 Å². The summed E-state index contributed by atoms with van der Waals surface area (Å²) in [4.78, 5) is 38.6. The number of nitriles is 1. The minimum absolute atomic E-state index is 0.0783. The third kappa shape index (κ3) is 7.23. The van der Waals surface area contributed by atoms with Crippen molar-refractivity contribution in [2.75, 3.05) is 37.8 Å².